The number of furan rings is 1. The lowest BCUT2D eigenvalue weighted by atomic mass is 10.0. The van der Waals surface area contributed by atoms with E-state index in [9.17, 15) is 18.0 Å². The van der Waals surface area contributed by atoms with Crippen molar-refractivity contribution >= 4 is 5.91 Å². The lowest BCUT2D eigenvalue weighted by Crippen LogP contribution is -2.42. The molecule has 0 bridgehead atoms. The number of halogens is 3. The van der Waals surface area contributed by atoms with Crippen molar-refractivity contribution in [1.29, 1.82) is 0 Å². The van der Waals surface area contributed by atoms with E-state index in [4.69, 9.17) is 9.15 Å². The number of morpholine rings is 1. The van der Waals surface area contributed by atoms with Crippen molar-refractivity contribution in [2.45, 2.75) is 12.3 Å². The van der Waals surface area contributed by atoms with Crippen LogP contribution in [0.2, 0.25) is 0 Å². The largest absolute Gasteiger partial charge is 0.459 e. The van der Waals surface area contributed by atoms with Gasteiger partial charge in [0.15, 0.2) is 5.76 Å². The molecule has 1 aromatic carbocycles. The molecule has 0 unspecified atom stereocenters. The van der Waals surface area contributed by atoms with E-state index in [0.29, 0.717) is 6.54 Å². The van der Waals surface area contributed by atoms with Crippen LogP contribution in [0.5, 0.6) is 0 Å². The Balaban J connectivity index is 1.84. The SMILES string of the molecule is O=C(c1ccco1)N1CCO[C@@H](c2ccccc2C(F)(F)F)C1. The highest BCUT2D eigenvalue weighted by molar-refractivity contribution is 5.91. The predicted molar refractivity (Wildman–Crippen MR) is 74.7 cm³/mol. The molecule has 0 spiro atoms. The Bertz CT molecular complexity index is 682. The third-order valence-corrected chi connectivity index (χ3v) is 3.70. The lowest BCUT2D eigenvalue weighted by Gasteiger charge is -2.33. The summed E-state index contributed by atoms with van der Waals surface area (Å²) in [6.45, 7) is 0.528. The lowest BCUT2D eigenvalue weighted by molar-refractivity contribution is -0.140. The van der Waals surface area contributed by atoms with Gasteiger partial charge in [0.05, 0.1) is 25.0 Å². The molecule has 1 atom stereocenters. The molecule has 1 amide bonds. The molecule has 0 radical (unpaired) electrons. The maximum absolute atomic E-state index is 13.1. The van der Waals surface area contributed by atoms with Crippen LogP contribution in [0, 0.1) is 0 Å². The van der Waals surface area contributed by atoms with E-state index >= 15 is 0 Å². The molecule has 1 aliphatic heterocycles. The van der Waals surface area contributed by atoms with Crippen molar-refractivity contribution in [3.8, 4) is 0 Å². The van der Waals surface area contributed by atoms with Crippen LogP contribution in [-0.4, -0.2) is 30.5 Å². The van der Waals surface area contributed by atoms with Gasteiger partial charge in [0.1, 0.15) is 6.10 Å². The first-order chi connectivity index (χ1) is 11.0. The van der Waals surface area contributed by atoms with Gasteiger partial charge in [-0.15, -0.1) is 0 Å². The fourth-order valence-electron chi connectivity index (χ4n) is 2.61. The van der Waals surface area contributed by atoms with E-state index in [1.807, 2.05) is 0 Å². The van der Waals surface area contributed by atoms with Gasteiger partial charge in [-0.25, -0.2) is 0 Å². The second-order valence-electron chi connectivity index (χ2n) is 5.17. The summed E-state index contributed by atoms with van der Waals surface area (Å²) in [5.74, 6) is -0.192. The minimum absolute atomic E-state index is 0.0388. The Morgan fingerprint density at radius 3 is 2.65 bits per heavy atom. The molecule has 7 heteroatoms. The zero-order valence-electron chi connectivity index (χ0n) is 12.0. The van der Waals surface area contributed by atoms with E-state index < -0.39 is 17.8 Å². The molecule has 23 heavy (non-hydrogen) atoms. The summed E-state index contributed by atoms with van der Waals surface area (Å²) in [6.07, 6.45) is -3.90. The van der Waals surface area contributed by atoms with E-state index in [1.165, 1.54) is 35.4 Å². The highest BCUT2D eigenvalue weighted by Gasteiger charge is 2.37. The zero-order chi connectivity index (χ0) is 16.4. The first kappa shape index (κ1) is 15.6. The second kappa shape index (κ2) is 6.08. The molecular weight excluding hydrogens is 311 g/mol. The van der Waals surface area contributed by atoms with Gasteiger partial charge in [0.25, 0.3) is 5.91 Å². The Hall–Kier alpha value is -2.28. The quantitative estimate of drug-likeness (QED) is 0.848. The van der Waals surface area contributed by atoms with Gasteiger partial charge >= 0.3 is 6.18 Å². The van der Waals surface area contributed by atoms with Gasteiger partial charge in [0, 0.05) is 6.54 Å². The van der Waals surface area contributed by atoms with Crippen molar-refractivity contribution in [2.75, 3.05) is 19.7 Å². The number of alkyl halides is 3. The standard InChI is InChI=1S/C16H14F3NO3/c17-16(18,19)12-5-2-1-4-11(12)14-10-20(7-9-23-14)15(21)13-6-3-8-22-13/h1-6,8,14H,7,9-10H2/t14-/m1/s1. The van der Waals surface area contributed by atoms with Gasteiger partial charge in [-0.1, -0.05) is 18.2 Å². The molecule has 1 saturated heterocycles. The van der Waals surface area contributed by atoms with Gasteiger partial charge in [0.2, 0.25) is 0 Å². The molecule has 4 nitrogen and oxygen atoms in total. The van der Waals surface area contributed by atoms with Gasteiger partial charge in [-0.2, -0.15) is 13.2 Å². The van der Waals surface area contributed by atoms with Crippen LogP contribution in [0.1, 0.15) is 27.8 Å². The van der Waals surface area contributed by atoms with Crippen LogP contribution < -0.4 is 0 Å². The van der Waals surface area contributed by atoms with Crippen molar-refractivity contribution in [2.24, 2.45) is 0 Å². The molecule has 2 heterocycles. The summed E-state index contributed by atoms with van der Waals surface area (Å²) in [6, 6.07) is 8.38. The minimum Gasteiger partial charge on any atom is -0.459 e. The number of ether oxygens (including phenoxy) is 1. The molecule has 1 aliphatic rings. The minimum atomic E-state index is -4.47. The molecule has 1 fully saturated rings. The molecule has 1 aromatic heterocycles. The summed E-state index contributed by atoms with van der Waals surface area (Å²) in [5, 5.41) is 0. The van der Waals surface area contributed by atoms with Crippen LogP contribution in [0.25, 0.3) is 0 Å². The predicted octanol–water partition coefficient (Wildman–Crippen LogP) is 3.51. The summed E-state index contributed by atoms with van der Waals surface area (Å²) in [4.78, 5) is 13.7. The number of nitrogens with zero attached hydrogens (tertiary/aromatic N) is 1. The zero-order valence-corrected chi connectivity index (χ0v) is 12.0. The third kappa shape index (κ3) is 3.24. The number of hydrogen-bond donors (Lipinski definition) is 0. The van der Waals surface area contributed by atoms with E-state index in [0.717, 1.165) is 6.07 Å². The molecular formula is C16H14F3NO3. The van der Waals surface area contributed by atoms with Gasteiger partial charge in [-0.05, 0) is 23.8 Å². The van der Waals surface area contributed by atoms with Crippen molar-refractivity contribution < 1.29 is 27.1 Å². The number of benzene rings is 1. The van der Waals surface area contributed by atoms with E-state index in [-0.39, 0.29) is 30.4 Å². The summed E-state index contributed by atoms with van der Waals surface area (Å²) in [7, 11) is 0. The number of amides is 1. The number of hydrogen-bond acceptors (Lipinski definition) is 3. The van der Waals surface area contributed by atoms with Crippen LogP contribution in [0.15, 0.2) is 47.1 Å². The monoisotopic (exact) mass is 325 g/mol. The van der Waals surface area contributed by atoms with Gasteiger partial charge < -0.3 is 14.1 Å². The topological polar surface area (TPSA) is 42.7 Å². The normalized spacial score (nSPS) is 18.9. The second-order valence-corrected chi connectivity index (χ2v) is 5.17. The fourth-order valence-corrected chi connectivity index (χ4v) is 2.61. The molecule has 0 saturated carbocycles. The van der Waals surface area contributed by atoms with E-state index in [2.05, 4.69) is 0 Å². The number of carbonyl (C=O) groups excluding carboxylic acids is 1. The summed E-state index contributed by atoms with van der Waals surface area (Å²) >= 11 is 0. The Morgan fingerprint density at radius 2 is 1.96 bits per heavy atom. The maximum Gasteiger partial charge on any atom is 0.416 e. The molecule has 0 aliphatic carbocycles. The smallest absolute Gasteiger partial charge is 0.416 e. The molecule has 0 N–H and O–H groups in total. The van der Waals surface area contributed by atoms with Crippen molar-refractivity contribution in [3.05, 3.63) is 59.5 Å². The van der Waals surface area contributed by atoms with Crippen LogP contribution in [0.4, 0.5) is 13.2 Å². The Labute approximate surface area is 130 Å². The van der Waals surface area contributed by atoms with Crippen molar-refractivity contribution in [1.82, 2.24) is 4.90 Å². The summed E-state index contributed by atoms with van der Waals surface area (Å²) < 4.78 is 49.9. The molecule has 122 valence electrons. The van der Waals surface area contributed by atoms with E-state index in [1.54, 1.807) is 6.07 Å². The fraction of sp³-hybridized carbons (Fsp3) is 0.312. The van der Waals surface area contributed by atoms with Crippen molar-refractivity contribution in [3.63, 3.8) is 0 Å². The number of rotatable bonds is 2. The average Bonchev–Trinajstić information content (AvgIpc) is 3.08. The molecule has 2 aromatic rings. The first-order valence-electron chi connectivity index (χ1n) is 7.07. The Morgan fingerprint density at radius 1 is 1.17 bits per heavy atom. The number of carbonyl (C=O) groups is 1. The first-order valence-corrected chi connectivity index (χ1v) is 7.07. The van der Waals surface area contributed by atoms with Crippen LogP contribution in [-0.2, 0) is 10.9 Å². The maximum atomic E-state index is 13.1. The highest BCUT2D eigenvalue weighted by Crippen LogP contribution is 2.36. The third-order valence-electron chi connectivity index (χ3n) is 3.70. The van der Waals surface area contributed by atoms with Gasteiger partial charge in [-0.3, -0.25) is 4.79 Å². The molecule has 3 rings (SSSR count). The Kier molecular flexibility index (Phi) is 4.12. The summed E-state index contributed by atoms with van der Waals surface area (Å²) in [5.41, 5.74) is -0.700. The average molecular weight is 325 g/mol. The van der Waals surface area contributed by atoms with Crippen LogP contribution in [0.3, 0.4) is 0 Å². The highest BCUT2D eigenvalue weighted by atomic mass is 19.4. The van der Waals surface area contributed by atoms with Crippen LogP contribution >= 0.6 is 0 Å².